The van der Waals surface area contributed by atoms with Crippen LogP contribution >= 0.6 is 11.5 Å². The third-order valence-electron chi connectivity index (χ3n) is 4.72. The zero-order chi connectivity index (χ0) is 19.3. The summed E-state index contributed by atoms with van der Waals surface area (Å²) in [5, 5.41) is 0.923. The molecule has 0 spiro atoms. The van der Waals surface area contributed by atoms with Gasteiger partial charge in [0.1, 0.15) is 6.33 Å². The molecule has 0 atom stereocenters. The van der Waals surface area contributed by atoms with Crippen molar-refractivity contribution in [2.75, 3.05) is 45.4 Å². The normalized spacial score (nSPS) is 12.7. The zero-order valence-corrected chi connectivity index (χ0v) is 16.9. The van der Waals surface area contributed by atoms with Gasteiger partial charge in [-0.3, -0.25) is 4.57 Å². The average Bonchev–Trinajstić information content (AvgIpc) is 3.46. The fourth-order valence-corrected chi connectivity index (χ4v) is 3.70. The van der Waals surface area contributed by atoms with Gasteiger partial charge < -0.3 is 19.3 Å². The molecule has 28 heavy (non-hydrogen) atoms. The molecule has 0 fully saturated rings. The lowest BCUT2D eigenvalue weighted by molar-refractivity contribution is 0.174. The van der Waals surface area contributed by atoms with Crippen molar-refractivity contribution in [3.8, 4) is 17.4 Å². The Morgan fingerprint density at radius 3 is 2.89 bits per heavy atom. The minimum Gasteiger partial charge on any atom is -0.454 e. The first kappa shape index (κ1) is 18.7. The molecule has 0 aliphatic carbocycles. The van der Waals surface area contributed by atoms with Crippen LogP contribution in [0.2, 0.25) is 0 Å². The Kier molecular flexibility index (Phi) is 5.73. The second-order valence-electron chi connectivity index (χ2n) is 6.86. The predicted molar refractivity (Wildman–Crippen MR) is 109 cm³/mol. The van der Waals surface area contributed by atoms with E-state index in [1.54, 1.807) is 12.5 Å². The van der Waals surface area contributed by atoms with Gasteiger partial charge in [-0.15, -0.1) is 0 Å². The first-order valence-corrected chi connectivity index (χ1v) is 10.1. The van der Waals surface area contributed by atoms with Gasteiger partial charge >= 0.3 is 0 Å². The number of aromatic nitrogens is 4. The van der Waals surface area contributed by atoms with Crippen molar-refractivity contribution in [3.63, 3.8) is 0 Å². The number of fused-ring (bicyclic) bond motifs is 1. The van der Waals surface area contributed by atoms with E-state index in [-0.39, 0.29) is 0 Å². The molecule has 8 nitrogen and oxygen atoms in total. The SMILES string of the molecule is CN(CCCN(C)c1nc(-n2ccnc2)ns1)CCc1ccc2c(c1)OCO2. The Bertz CT molecular complexity index is 898. The Labute approximate surface area is 168 Å². The lowest BCUT2D eigenvalue weighted by atomic mass is 10.1. The molecule has 0 unspecified atom stereocenters. The summed E-state index contributed by atoms with van der Waals surface area (Å²) in [6.07, 6.45) is 7.34. The minimum atomic E-state index is 0.324. The zero-order valence-electron chi connectivity index (χ0n) is 16.1. The second-order valence-corrected chi connectivity index (χ2v) is 7.59. The molecule has 3 aromatic rings. The third-order valence-corrected chi connectivity index (χ3v) is 5.54. The van der Waals surface area contributed by atoms with Gasteiger partial charge in [-0.2, -0.15) is 9.36 Å². The Hall–Kier alpha value is -2.65. The van der Waals surface area contributed by atoms with Crippen LogP contribution in [-0.4, -0.2) is 64.3 Å². The van der Waals surface area contributed by atoms with Crippen molar-refractivity contribution in [1.82, 2.24) is 23.8 Å². The second kappa shape index (κ2) is 8.57. The van der Waals surface area contributed by atoms with Gasteiger partial charge in [-0.05, 0) is 44.1 Å². The Morgan fingerprint density at radius 1 is 1.14 bits per heavy atom. The number of imidazole rings is 1. The summed E-state index contributed by atoms with van der Waals surface area (Å²) in [5.74, 6) is 2.37. The summed E-state index contributed by atoms with van der Waals surface area (Å²) in [4.78, 5) is 13.1. The van der Waals surface area contributed by atoms with Gasteiger partial charge in [0.05, 0.1) is 0 Å². The standard InChI is InChI=1S/C19H24N6O2S/c1-23(10-6-15-4-5-16-17(12-15)27-14-26-16)8-3-9-24(2)19-21-18(22-28-19)25-11-7-20-13-25/h4-5,7,11-13H,3,6,8-10,14H2,1-2H3. The van der Waals surface area contributed by atoms with Crippen molar-refractivity contribution >= 4 is 16.7 Å². The largest absolute Gasteiger partial charge is 0.454 e. The number of benzene rings is 1. The molecule has 0 saturated carbocycles. The molecule has 1 aliphatic rings. The molecule has 9 heteroatoms. The highest BCUT2D eigenvalue weighted by Crippen LogP contribution is 2.32. The van der Waals surface area contributed by atoms with E-state index in [1.165, 1.54) is 17.1 Å². The van der Waals surface area contributed by atoms with E-state index in [2.05, 4.69) is 50.4 Å². The Balaban J connectivity index is 1.19. The van der Waals surface area contributed by atoms with Crippen LogP contribution in [0, 0.1) is 0 Å². The quantitative estimate of drug-likeness (QED) is 0.546. The van der Waals surface area contributed by atoms with E-state index in [1.807, 2.05) is 16.8 Å². The number of anilines is 1. The number of hydrogen-bond donors (Lipinski definition) is 0. The minimum absolute atomic E-state index is 0.324. The maximum absolute atomic E-state index is 5.45. The predicted octanol–water partition coefficient (Wildman–Crippen LogP) is 2.45. The van der Waals surface area contributed by atoms with Gasteiger partial charge in [0.25, 0.3) is 0 Å². The maximum Gasteiger partial charge on any atom is 0.248 e. The van der Waals surface area contributed by atoms with Crippen LogP contribution in [-0.2, 0) is 6.42 Å². The molecule has 148 valence electrons. The molecule has 0 saturated heterocycles. The number of rotatable bonds is 9. The molecular weight excluding hydrogens is 376 g/mol. The monoisotopic (exact) mass is 400 g/mol. The number of ether oxygens (including phenoxy) is 2. The fraction of sp³-hybridized carbons (Fsp3) is 0.421. The van der Waals surface area contributed by atoms with Gasteiger partial charge in [-0.25, -0.2) is 4.98 Å². The van der Waals surface area contributed by atoms with Crippen LogP contribution in [0.1, 0.15) is 12.0 Å². The molecule has 1 aromatic carbocycles. The summed E-state index contributed by atoms with van der Waals surface area (Å²) in [7, 11) is 4.22. The molecule has 0 amide bonds. The van der Waals surface area contributed by atoms with E-state index in [9.17, 15) is 0 Å². The van der Waals surface area contributed by atoms with Gasteiger partial charge in [0.2, 0.25) is 17.9 Å². The first-order chi connectivity index (χ1) is 13.7. The van der Waals surface area contributed by atoms with Crippen LogP contribution in [0.4, 0.5) is 5.13 Å². The van der Waals surface area contributed by atoms with E-state index >= 15 is 0 Å². The fourth-order valence-electron chi connectivity index (χ4n) is 3.05. The lowest BCUT2D eigenvalue weighted by Gasteiger charge is -2.19. The van der Waals surface area contributed by atoms with Gasteiger partial charge in [-0.1, -0.05) is 6.07 Å². The van der Waals surface area contributed by atoms with Crippen LogP contribution in [0.5, 0.6) is 11.5 Å². The third kappa shape index (κ3) is 4.42. The summed E-state index contributed by atoms with van der Waals surface area (Å²) in [6, 6.07) is 6.19. The van der Waals surface area contributed by atoms with E-state index in [0.29, 0.717) is 12.7 Å². The highest BCUT2D eigenvalue weighted by atomic mass is 32.1. The van der Waals surface area contributed by atoms with Crippen molar-refractivity contribution in [2.24, 2.45) is 0 Å². The van der Waals surface area contributed by atoms with Crippen LogP contribution in [0.25, 0.3) is 5.95 Å². The highest BCUT2D eigenvalue weighted by molar-refractivity contribution is 7.09. The molecular formula is C19H24N6O2S. The lowest BCUT2D eigenvalue weighted by Crippen LogP contribution is -2.27. The van der Waals surface area contributed by atoms with Gasteiger partial charge in [0, 0.05) is 44.1 Å². The molecule has 0 bridgehead atoms. The number of likely N-dealkylation sites (N-methyl/N-ethyl adjacent to an activating group) is 1. The van der Waals surface area contributed by atoms with Crippen LogP contribution in [0.15, 0.2) is 36.9 Å². The van der Waals surface area contributed by atoms with Crippen molar-refractivity contribution in [2.45, 2.75) is 12.8 Å². The molecule has 3 heterocycles. The molecule has 1 aliphatic heterocycles. The van der Waals surface area contributed by atoms with Crippen LogP contribution < -0.4 is 14.4 Å². The number of hydrogen-bond acceptors (Lipinski definition) is 8. The molecule has 0 N–H and O–H groups in total. The summed E-state index contributed by atoms with van der Waals surface area (Å²) < 4.78 is 17.0. The molecule has 0 radical (unpaired) electrons. The van der Waals surface area contributed by atoms with E-state index < -0.39 is 0 Å². The number of nitrogens with zero attached hydrogens (tertiary/aromatic N) is 6. The summed E-state index contributed by atoms with van der Waals surface area (Å²) >= 11 is 1.41. The van der Waals surface area contributed by atoms with E-state index in [0.717, 1.165) is 49.1 Å². The maximum atomic E-state index is 5.45. The first-order valence-electron chi connectivity index (χ1n) is 9.29. The smallest absolute Gasteiger partial charge is 0.248 e. The topological polar surface area (TPSA) is 68.5 Å². The van der Waals surface area contributed by atoms with Crippen LogP contribution in [0.3, 0.4) is 0 Å². The highest BCUT2D eigenvalue weighted by Gasteiger charge is 2.13. The summed E-state index contributed by atoms with van der Waals surface area (Å²) in [6.45, 7) is 3.30. The summed E-state index contributed by atoms with van der Waals surface area (Å²) in [5.41, 5.74) is 1.27. The molecule has 4 rings (SSSR count). The van der Waals surface area contributed by atoms with E-state index in [4.69, 9.17) is 9.47 Å². The molecule has 2 aromatic heterocycles. The average molecular weight is 401 g/mol. The Morgan fingerprint density at radius 2 is 2.04 bits per heavy atom. The van der Waals surface area contributed by atoms with Crippen molar-refractivity contribution in [3.05, 3.63) is 42.5 Å². The van der Waals surface area contributed by atoms with Crippen molar-refractivity contribution in [1.29, 1.82) is 0 Å². The van der Waals surface area contributed by atoms with Crippen molar-refractivity contribution < 1.29 is 9.47 Å². The van der Waals surface area contributed by atoms with Gasteiger partial charge in [0.15, 0.2) is 11.5 Å².